The summed E-state index contributed by atoms with van der Waals surface area (Å²) in [6.07, 6.45) is 2.94. The second-order valence-electron chi connectivity index (χ2n) is 4.45. The van der Waals surface area contributed by atoms with Crippen molar-refractivity contribution in [3.8, 4) is 5.69 Å². The fraction of sp³-hybridized carbons (Fsp3) is 0.308. The minimum atomic E-state index is -0.432. The van der Waals surface area contributed by atoms with Crippen LogP contribution in [0.5, 0.6) is 0 Å². The van der Waals surface area contributed by atoms with Crippen molar-refractivity contribution in [3.63, 3.8) is 0 Å². The van der Waals surface area contributed by atoms with Gasteiger partial charge >= 0.3 is 0 Å². The number of ether oxygens (including phenoxy) is 1. The number of amides is 1. The van der Waals surface area contributed by atoms with Gasteiger partial charge in [-0.25, -0.2) is 4.68 Å². The normalized spacial score (nSPS) is 17.8. The van der Waals surface area contributed by atoms with Crippen molar-refractivity contribution < 1.29 is 9.53 Å². The third kappa shape index (κ3) is 3.78. The second kappa shape index (κ2) is 7.16. The van der Waals surface area contributed by atoms with E-state index < -0.39 is 6.10 Å². The second-order valence-corrected chi connectivity index (χ2v) is 4.45. The molecule has 8 heteroatoms. The van der Waals surface area contributed by atoms with Crippen LogP contribution in [-0.2, 0) is 9.53 Å². The molecule has 2 N–H and O–H groups in total. The number of aromatic nitrogens is 3. The zero-order valence-corrected chi connectivity index (χ0v) is 12.0. The molecule has 1 unspecified atom stereocenters. The predicted molar refractivity (Wildman–Crippen MR) is 79.8 cm³/mol. The number of carbonyl (C=O) groups is 1. The molecule has 1 fully saturated rings. The molecular weight excluding hydrogens is 294 g/mol. The Morgan fingerprint density at radius 3 is 2.81 bits per heavy atom. The maximum absolute atomic E-state index is 12.0. The Kier molecular flexibility index (Phi) is 5.26. The average molecular weight is 310 g/mol. The Hall–Kier alpha value is -1.96. The third-order valence-corrected chi connectivity index (χ3v) is 3.04. The molecule has 1 atom stereocenters. The molecule has 2 heterocycles. The maximum atomic E-state index is 12.0. The van der Waals surface area contributed by atoms with Gasteiger partial charge in [0.05, 0.1) is 24.7 Å². The van der Waals surface area contributed by atoms with Crippen molar-refractivity contribution in [2.45, 2.75) is 6.10 Å². The van der Waals surface area contributed by atoms with Gasteiger partial charge in [-0.2, -0.15) is 0 Å². The van der Waals surface area contributed by atoms with E-state index in [2.05, 4.69) is 20.9 Å². The number of halogens is 1. The van der Waals surface area contributed by atoms with Gasteiger partial charge in [-0.05, 0) is 24.3 Å². The summed E-state index contributed by atoms with van der Waals surface area (Å²) in [5.74, 6) is -0.134. The van der Waals surface area contributed by atoms with Gasteiger partial charge in [0.25, 0.3) is 5.91 Å². The number of nitrogens with one attached hydrogen (secondary N) is 2. The summed E-state index contributed by atoms with van der Waals surface area (Å²) in [4.78, 5) is 12.0. The van der Waals surface area contributed by atoms with Crippen LogP contribution >= 0.6 is 12.4 Å². The van der Waals surface area contributed by atoms with Crippen LogP contribution in [0, 0.1) is 0 Å². The highest BCUT2D eigenvalue weighted by molar-refractivity contribution is 5.94. The van der Waals surface area contributed by atoms with Crippen LogP contribution < -0.4 is 10.6 Å². The summed E-state index contributed by atoms with van der Waals surface area (Å²) < 4.78 is 7.05. The van der Waals surface area contributed by atoms with E-state index in [9.17, 15) is 4.79 Å². The van der Waals surface area contributed by atoms with Crippen molar-refractivity contribution in [1.29, 1.82) is 0 Å². The molecule has 0 bridgehead atoms. The van der Waals surface area contributed by atoms with Crippen molar-refractivity contribution in [2.75, 3.05) is 25.0 Å². The van der Waals surface area contributed by atoms with Gasteiger partial charge in [0, 0.05) is 18.8 Å². The van der Waals surface area contributed by atoms with Crippen molar-refractivity contribution in [1.82, 2.24) is 20.3 Å². The van der Waals surface area contributed by atoms with Crippen LogP contribution in [0.2, 0.25) is 0 Å². The molecule has 7 nitrogen and oxygen atoms in total. The van der Waals surface area contributed by atoms with E-state index >= 15 is 0 Å². The first-order valence-electron chi connectivity index (χ1n) is 6.43. The number of nitrogens with zero attached hydrogens (tertiary/aromatic N) is 3. The SMILES string of the molecule is Cl.O=C(Nc1ccc(-n2ccnn2)cc1)C1CNCCO1. The van der Waals surface area contributed by atoms with Gasteiger partial charge in [0.15, 0.2) is 0 Å². The summed E-state index contributed by atoms with van der Waals surface area (Å²) in [5.41, 5.74) is 1.61. The molecule has 1 aromatic heterocycles. The smallest absolute Gasteiger partial charge is 0.254 e. The molecule has 0 radical (unpaired) electrons. The van der Waals surface area contributed by atoms with E-state index in [0.717, 1.165) is 17.9 Å². The first kappa shape index (κ1) is 15.4. The highest BCUT2D eigenvalue weighted by atomic mass is 35.5. The largest absolute Gasteiger partial charge is 0.366 e. The van der Waals surface area contributed by atoms with Crippen LogP contribution in [-0.4, -0.2) is 46.7 Å². The standard InChI is InChI=1S/C13H15N5O2.ClH/c19-13(12-9-14-6-8-20-12)16-10-1-3-11(4-2-10)18-7-5-15-17-18;/h1-5,7,12,14H,6,8-9H2,(H,16,19);1H. The van der Waals surface area contributed by atoms with Gasteiger partial charge < -0.3 is 15.4 Å². The lowest BCUT2D eigenvalue weighted by atomic mass is 10.2. The molecule has 21 heavy (non-hydrogen) atoms. The molecule has 3 rings (SSSR count). The molecule has 1 amide bonds. The molecule has 2 aromatic rings. The first-order valence-corrected chi connectivity index (χ1v) is 6.43. The number of anilines is 1. The Morgan fingerprint density at radius 1 is 1.38 bits per heavy atom. The van der Waals surface area contributed by atoms with E-state index in [-0.39, 0.29) is 18.3 Å². The number of carbonyl (C=O) groups excluding carboxylic acids is 1. The lowest BCUT2D eigenvalue weighted by molar-refractivity contribution is -0.128. The predicted octanol–water partition coefficient (Wildman–Crippen LogP) is 0.616. The average Bonchev–Trinajstić information content (AvgIpc) is 3.03. The summed E-state index contributed by atoms with van der Waals surface area (Å²) in [5, 5.41) is 13.6. The van der Waals surface area contributed by atoms with E-state index in [1.54, 1.807) is 17.1 Å². The number of rotatable bonds is 3. The monoisotopic (exact) mass is 309 g/mol. The van der Waals surface area contributed by atoms with Gasteiger partial charge in [-0.1, -0.05) is 5.21 Å². The highest BCUT2D eigenvalue weighted by Gasteiger charge is 2.21. The van der Waals surface area contributed by atoms with Crippen LogP contribution in [0.3, 0.4) is 0 Å². The van der Waals surface area contributed by atoms with E-state index in [1.165, 1.54) is 0 Å². The summed E-state index contributed by atoms with van der Waals surface area (Å²) in [6.45, 7) is 1.89. The topological polar surface area (TPSA) is 81.1 Å². The molecule has 0 saturated carbocycles. The zero-order valence-electron chi connectivity index (χ0n) is 11.2. The van der Waals surface area contributed by atoms with Gasteiger partial charge in [0.2, 0.25) is 0 Å². The lowest BCUT2D eigenvalue weighted by Gasteiger charge is -2.22. The minimum absolute atomic E-state index is 0. The summed E-state index contributed by atoms with van der Waals surface area (Å²) in [7, 11) is 0. The summed E-state index contributed by atoms with van der Waals surface area (Å²) in [6, 6.07) is 7.38. The number of benzene rings is 1. The minimum Gasteiger partial charge on any atom is -0.366 e. The first-order chi connectivity index (χ1) is 9.83. The third-order valence-electron chi connectivity index (χ3n) is 3.04. The molecule has 1 aliphatic heterocycles. The molecule has 1 saturated heterocycles. The van der Waals surface area contributed by atoms with E-state index in [4.69, 9.17) is 4.74 Å². The van der Waals surface area contributed by atoms with E-state index in [0.29, 0.717) is 13.2 Å². The fourth-order valence-electron chi connectivity index (χ4n) is 2.00. The molecule has 112 valence electrons. The molecule has 0 aliphatic carbocycles. The Morgan fingerprint density at radius 2 is 2.19 bits per heavy atom. The van der Waals surface area contributed by atoms with Crippen LogP contribution in [0.15, 0.2) is 36.7 Å². The fourth-order valence-corrected chi connectivity index (χ4v) is 2.00. The molecule has 1 aromatic carbocycles. The molecular formula is C13H16ClN5O2. The lowest BCUT2D eigenvalue weighted by Crippen LogP contribution is -2.45. The number of hydrogen-bond acceptors (Lipinski definition) is 5. The Balaban J connectivity index is 0.00000161. The highest BCUT2D eigenvalue weighted by Crippen LogP contribution is 2.13. The number of morpholine rings is 1. The number of hydrogen-bond donors (Lipinski definition) is 2. The van der Waals surface area contributed by atoms with Crippen molar-refractivity contribution in [3.05, 3.63) is 36.7 Å². The van der Waals surface area contributed by atoms with Crippen LogP contribution in [0.1, 0.15) is 0 Å². The molecule has 0 spiro atoms. The van der Waals surface area contributed by atoms with Gasteiger partial charge in [0.1, 0.15) is 6.10 Å². The van der Waals surface area contributed by atoms with Crippen LogP contribution in [0.4, 0.5) is 5.69 Å². The maximum Gasteiger partial charge on any atom is 0.254 e. The van der Waals surface area contributed by atoms with Gasteiger partial charge in [-0.15, -0.1) is 17.5 Å². The van der Waals surface area contributed by atoms with Gasteiger partial charge in [-0.3, -0.25) is 4.79 Å². The quantitative estimate of drug-likeness (QED) is 0.868. The zero-order chi connectivity index (χ0) is 13.8. The summed E-state index contributed by atoms with van der Waals surface area (Å²) >= 11 is 0. The Labute approximate surface area is 128 Å². The molecule has 1 aliphatic rings. The van der Waals surface area contributed by atoms with Crippen molar-refractivity contribution >= 4 is 24.0 Å². The van der Waals surface area contributed by atoms with E-state index in [1.807, 2.05) is 24.3 Å². The van der Waals surface area contributed by atoms with Crippen LogP contribution in [0.25, 0.3) is 5.69 Å². The van der Waals surface area contributed by atoms with Crippen molar-refractivity contribution in [2.24, 2.45) is 0 Å². The Bertz CT molecular complexity index is 567.